The molecule has 2 aromatic carbocycles. The van der Waals surface area contributed by atoms with Crippen LogP contribution >= 0.6 is 11.6 Å². The first-order chi connectivity index (χ1) is 14.9. The van der Waals surface area contributed by atoms with Gasteiger partial charge < -0.3 is 14.2 Å². The molecular weight excluding hydrogens is 429 g/mol. The first-order valence-electron chi connectivity index (χ1n) is 9.52. The van der Waals surface area contributed by atoms with Crippen LogP contribution in [0.1, 0.15) is 5.89 Å². The molecule has 1 saturated heterocycles. The van der Waals surface area contributed by atoms with E-state index in [2.05, 4.69) is 15.0 Å². The van der Waals surface area contributed by atoms with E-state index in [-0.39, 0.29) is 11.4 Å². The molecular formula is C20H19ClFN5O4. The van der Waals surface area contributed by atoms with E-state index in [0.29, 0.717) is 55.1 Å². The van der Waals surface area contributed by atoms with Crippen molar-refractivity contribution < 1.29 is 18.6 Å². The smallest absolute Gasteiger partial charge is 0.295 e. The Hall–Kier alpha value is -3.24. The molecule has 1 aromatic heterocycles. The Bertz CT molecular complexity index is 1080. The Balaban J connectivity index is 1.42. The number of benzene rings is 2. The fraction of sp³-hybridized carbons (Fsp3) is 0.300. The first-order valence-corrected chi connectivity index (χ1v) is 9.90. The fourth-order valence-electron chi connectivity index (χ4n) is 3.46. The van der Waals surface area contributed by atoms with Gasteiger partial charge in [-0.15, -0.1) is 0 Å². The lowest BCUT2D eigenvalue weighted by molar-refractivity contribution is -0.384. The van der Waals surface area contributed by atoms with Gasteiger partial charge in [0.2, 0.25) is 11.7 Å². The average molecular weight is 448 g/mol. The second kappa shape index (κ2) is 8.86. The summed E-state index contributed by atoms with van der Waals surface area (Å²) in [6.07, 6.45) is 0. The largest absolute Gasteiger partial charge is 0.494 e. The molecule has 0 spiro atoms. The van der Waals surface area contributed by atoms with E-state index in [9.17, 15) is 14.5 Å². The molecule has 9 nitrogen and oxygen atoms in total. The van der Waals surface area contributed by atoms with E-state index in [4.69, 9.17) is 20.9 Å². The number of aromatic nitrogens is 2. The molecule has 1 aliphatic rings. The van der Waals surface area contributed by atoms with Crippen molar-refractivity contribution in [1.82, 2.24) is 15.0 Å². The molecule has 162 valence electrons. The minimum Gasteiger partial charge on any atom is -0.494 e. The summed E-state index contributed by atoms with van der Waals surface area (Å²) in [6, 6.07) is 9.43. The van der Waals surface area contributed by atoms with Gasteiger partial charge in [-0.2, -0.15) is 4.98 Å². The van der Waals surface area contributed by atoms with E-state index in [1.807, 2.05) is 17.0 Å². The standard InChI is InChI=1S/C20H19ClFN5O4/c1-30-18-11-16(17(27(28)29)10-15(18)22)26-8-6-25(7-9-26)12-19-23-20(24-31-19)13-2-4-14(21)5-3-13/h2-5,10-11H,6-9,12H2,1H3. The van der Waals surface area contributed by atoms with E-state index >= 15 is 0 Å². The predicted molar refractivity (Wildman–Crippen MR) is 112 cm³/mol. The van der Waals surface area contributed by atoms with Gasteiger partial charge in [-0.3, -0.25) is 15.0 Å². The van der Waals surface area contributed by atoms with Crippen molar-refractivity contribution in [1.29, 1.82) is 0 Å². The summed E-state index contributed by atoms with van der Waals surface area (Å²) in [5.41, 5.74) is 0.865. The van der Waals surface area contributed by atoms with Crippen LogP contribution in [-0.4, -0.2) is 53.3 Å². The van der Waals surface area contributed by atoms with Crippen molar-refractivity contribution in [2.45, 2.75) is 6.54 Å². The highest BCUT2D eigenvalue weighted by atomic mass is 35.5. The lowest BCUT2D eigenvalue weighted by Crippen LogP contribution is -2.46. The predicted octanol–water partition coefficient (Wildman–Crippen LogP) is 3.77. The molecule has 0 bridgehead atoms. The van der Waals surface area contributed by atoms with E-state index in [0.717, 1.165) is 11.6 Å². The molecule has 0 aliphatic carbocycles. The van der Waals surface area contributed by atoms with Crippen molar-refractivity contribution in [3.8, 4) is 17.1 Å². The number of nitro benzene ring substituents is 1. The minimum absolute atomic E-state index is 0.0244. The van der Waals surface area contributed by atoms with Crippen molar-refractivity contribution in [2.75, 3.05) is 38.2 Å². The van der Waals surface area contributed by atoms with Crippen LogP contribution in [0.5, 0.6) is 5.75 Å². The summed E-state index contributed by atoms with van der Waals surface area (Å²) in [4.78, 5) is 19.2. The maximum atomic E-state index is 13.9. The lowest BCUT2D eigenvalue weighted by Gasteiger charge is -2.35. The van der Waals surface area contributed by atoms with Crippen LogP contribution in [0.15, 0.2) is 40.9 Å². The number of rotatable bonds is 6. The van der Waals surface area contributed by atoms with Crippen molar-refractivity contribution >= 4 is 23.0 Å². The zero-order valence-electron chi connectivity index (χ0n) is 16.6. The Morgan fingerprint density at radius 2 is 1.94 bits per heavy atom. The topological polar surface area (TPSA) is 97.8 Å². The zero-order chi connectivity index (χ0) is 22.0. The van der Waals surface area contributed by atoms with Crippen LogP contribution in [0.4, 0.5) is 15.8 Å². The van der Waals surface area contributed by atoms with Gasteiger partial charge in [-0.05, 0) is 24.3 Å². The van der Waals surface area contributed by atoms with Gasteiger partial charge in [0, 0.05) is 42.8 Å². The third-order valence-electron chi connectivity index (χ3n) is 5.09. The number of halogens is 2. The molecule has 0 amide bonds. The second-order valence-corrected chi connectivity index (χ2v) is 7.45. The number of ether oxygens (including phenoxy) is 1. The van der Waals surface area contributed by atoms with Crippen molar-refractivity contribution in [2.24, 2.45) is 0 Å². The van der Waals surface area contributed by atoms with Crippen LogP contribution < -0.4 is 9.64 Å². The number of hydrogen-bond donors (Lipinski definition) is 0. The van der Waals surface area contributed by atoms with Gasteiger partial charge in [0.25, 0.3) is 5.69 Å². The van der Waals surface area contributed by atoms with Crippen LogP contribution in [0.25, 0.3) is 11.4 Å². The zero-order valence-corrected chi connectivity index (χ0v) is 17.4. The van der Waals surface area contributed by atoms with Gasteiger partial charge >= 0.3 is 0 Å². The van der Waals surface area contributed by atoms with Gasteiger partial charge in [-0.1, -0.05) is 16.8 Å². The van der Waals surface area contributed by atoms with Crippen molar-refractivity contribution in [3.05, 3.63) is 63.2 Å². The lowest BCUT2D eigenvalue weighted by atomic mass is 10.2. The SMILES string of the molecule is COc1cc(N2CCN(Cc3nc(-c4ccc(Cl)cc4)no3)CC2)c([N+](=O)[O-])cc1F. The number of nitro groups is 1. The molecule has 1 fully saturated rings. The Morgan fingerprint density at radius 1 is 1.23 bits per heavy atom. The maximum Gasteiger partial charge on any atom is 0.295 e. The average Bonchev–Trinajstić information content (AvgIpc) is 3.23. The number of piperazine rings is 1. The number of methoxy groups -OCH3 is 1. The number of nitrogens with zero attached hydrogens (tertiary/aromatic N) is 5. The summed E-state index contributed by atoms with van der Waals surface area (Å²) < 4.78 is 24.3. The van der Waals surface area contributed by atoms with Gasteiger partial charge in [0.15, 0.2) is 11.6 Å². The minimum atomic E-state index is -0.760. The Labute approximate surface area is 182 Å². The van der Waals surface area contributed by atoms with E-state index < -0.39 is 10.7 Å². The van der Waals surface area contributed by atoms with Gasteiger partial charge in [-0.25, -0.2) is 4.39 Å². The summed E-state index contributed by atoms with van der Waals surface area (Å²) in [5.74, 6) is 0.181. The molecule has 31 heavy (non-hydrogen) atoms. The van der Waals surface area contributed by atoms with Crippen LogP contribution in [0.3, 0.4) is 0 Å². The third kappa shape index (κ3) is 4.59. The molecule has 0 N–H and O–H groups in total. The highest BCUT2D eigenvalue weighted by Gasteiger charge is 2.27. The summed E-state index contributed by atoms with van der Waals surface area (Å²) >= 11 is 5.90. The van der Waals surface area contributed by atoms with Crippen LogP contribution in [0.2, 0.25) is 5.02 Å². The van der Waals surface area contributed by atoms with E-state index in [1.165, 1.54) is 13.2 Å². The summed E-state index contributed by atoms with van der Waals surface area (Å²) in [6.45, 7) is 2.75. The number of anilines is 1. The first kappa shape index (κ1) is 21.0. The molecule has 2 heterocycles. The second-order valence-electron chi connectivity index (χ2n) is 7.01. The summed E-state index contributed by atoms with van der Waals surface area (Å²) in [5, 5.41) is 16.0. The molecule has 4 rings (SSSR count). The molecule has 0 radical (unpaired) electrons. The molecule has 0 unspecified atom stereocenters. The highest BCUT2D eigenvalue weighted by Crippen LogP contribution is 2.35. The van der Waals surface area contributed by atoms with E-state index in [1.54, 1.807) is 12.1 Å². The van der Waals surface area contributed by atoms with Gasteiger partial charge in [0.05, 0.1) is 24.6 Å². The molecule has 11 heteroatoms. The normalized spacial score (nSPS) is 14.6. The quantitative estimate of drug-likeness (QED) is 0.416. The monoisotopic (exact) mass is 447 g/mol. The maximum absolute atomic E-state index is 13.9. The van der Waals surface area contributed by atoms with Crippen LogP contribution in [-0.2, 0) is 6.54 Å². The third-order valence-corrected chi connectivity index (χ3v) is 5.34. The Morgan fingerprint density at radius 3 is 2.58 bits per heavy atom. The molecule has 3 aromatic rings. The van der Waals surface area contributed by atoms with Gasteiger partial charge in [0.1, 0.15) is 5.69 Å². The van der Waals surface area contributed by atoms with Crippen molar-refractivity contribution in [3.63, 3.8) is 0 Å². The fourth-order valence-corrected chi connectivity index (χ4v) is 3.59. The molecule has 1 aliphatic heterocycles. The van der Waals surface area contributed by atoms with Crippen LogP contribution in [0, 0.1) is 15.9 Å². The highest BCUT2D eigenvalue weighted by molar-refractivity contribution is 6.30. The molecule has 0 saturated carbocycles. The molecule has 0 atom stereocenters. The number of hydrogen-bond acceptors (Lipinski definition) is 8. The summed E-state index contributed by atoms with van der Waals surface area (Å²) in [7, 11) is 1.33. The Kier molecular flexibility index (Phi) is 6.01.